The van der Waals surface area contributed by atoms with E-state index >= 15 is 0 Å². The SMILES string of the molecule is O=C(N1CCCCCC1)C(O)(c1ccccc1)c1ccccc1. The summed E-state index contributed by atoms with van der Waals surface area (Å²) in [5, 5.41) is 11.5. The third-order valence-corrected chi connectivity index (χ3v) is 4.59. The molecule has 1 N–H and O–H groups in total. The molecule has 1 heterocycles. The monoisotopic (exact) mass is 309 g/mol. The van der Waals surface area contributed by atoms with E-state index in [0.29, 0.717) is 11.1 Å². The number of rotatable bonds is 3. The predicted molar refractivity (Wildman–Crippen MR) is 90.9 cm³/mol. The van der Waals surface area contributed by atoms with Gasteiger partial charge in [0.2, 0.25) is 0 Å². The number of likely N-dealkylation sites (tertiary alicyclic amines) is 1. The highest BCUT2D eigenvalue weighted by Gasteiger charge is 2.42. The lowest BCUT2D eigenvalue weighted by atomic mass is 9.85. The fourth-order valence-electron chi connectivity index (χ4n) is 3.27. The lowest BCUT2D eigenvalue weighted by Gasteiger charge is -2.33. The van der Waals surface area contributed by atoms with E-state index in [1.54, 1.807) is 0 Å². The van der Waals surface area contributed by atoms with Crippen molar-refractivity contribution >= 4 is 5.91 Å². The molecule has 0 radical (unpaired) electrons. The second-order valence-corrected chi connectivity index (χ2v) is 6.15. The third kappa shape index (κ3) is 3.15. The molecule has 0 bridgehead atoms. The highest BCUT2D eigenvalue weighted by atomic mass is 16.3. The first-order chi connectivity index (χ1) is 11.2. The van der Waals surface area contributed by atoms with Gasteiger partial charge in [0.15, 0.2) is 5.60 Å². The molecule has 0 saturated carbocycles. The van der Waals surface area contributed by atoms with Gasteiger partial charge in [-0.15, -0.1) is 0 Å². The molecule has 1 saturated heterocycles. The molecule has 3 nitrogen and oxygen atoms in total. The van der Waals surface area contributed by atoms with Gasteiger partial charge >= 0.3 is 0 Å². The molecule has 0 spiro atoms. The van der Waals surface area contributed by atoms with Gasteiger partial charge in [-0.25, -0.2) is 0 Å². The normalized spacial score (nSPS) is 16.0. The van der Waals surface area contributed by atoms with E-state index in [1.165, 1.54) is 0 Å². The molecule has 1 fully saturated rings. The topological polar surface area (TPSA) is 40.5 Å². The van der Waals surface area contributed by atoms with Crippen molar-refractivity contribution in [2.75, 3.05) is 13.1 Å². The maximum Gasteiger partial charge on any atom is 0.263 e. The second kappa shape index (κ2) is 6.97. The molecule has 0 unspecified atom stereocenters. The van der Waals surface area contributed by atoms with Crippen LogP contribution in [-0.4, -0.2) is 29.0 Å². The van der Waals surface area contributed by atoms with E-state index in [4.69, 9.17) is 0 Å². The first-order valence-electron chi connectivity index (χ1n) is 8.36. The highest BCUT2D eigenvalue weighted by molar-refractivity contribution is 5.90. The van der Waals surface area contributed by atoms with Crippen LogP contribution in [0.3, 0.4) is 0 Å². The second-order valence-electron chi connectivity index (χ2n) is 6.15. The van der Waals surface area contributed by atoms with E-state index in [2.05, 4.69) is 0 Å². The Morgan fingerprint density at radius 2 is 1.22 bits per heavy atom. The molecule has 1 amide bonds. The van der Waals surface area contributed by atoms with Gasteiger partial charge in [-0.3, -0.25) is 4.79 Å². The zero-order chi connectivity index (χ0) is 16.1. The van der Waals surface area contributed by atoms with Crippen molar-refractivity contribution in [1.82, 2.24) is 4.90 Å². The summed E-state index contributed by atoms with van der Waals surface area (Å²) in [5.41, 5.74) is -0.367. The summed E-state index contributed by atoms with van der Waals surface area (Å²) < 4.78 is 0. The Morgan fingerprint density at radius 1 is 0.783 bits per heavy atom. The van der Waals surface area contributed by atoms with Crippen LogP contribution in [0.2, 0.25) is 0 Å². The van der Waals surface area contributed by atoms with Gasteiger partial charge in [-0.2, -0.15) is 0 Å². The molecule has 120 valence electrons. The first kappa shape index (κ1) is 15.8. The number of aliphatic hydroxyl groups is 1. The van der Waals surface area contributed by atoms with Crippen molar-refractivity contribution in [2.45, 2.75) is 31.3 Å². The molecule has 3 heteroatoms. The summed E-state index contributed by atoms with van der Waals surface area (Å²) in [5.74, 6) is -0.211. The zero-order valence-corrected chi connectivity index (χ0v) is 13.3. The summed E-state index contributed by atoms with van der Waals surface area (Å²) in [6.45, 7) is 1.45. The minimum absolute atomic E-state index is 0.211. The molecule has 0 aromatic heterocycles. The summed E-state index contributed by atoms with van der Waals surface area (Å²) in [6.07, 6.45) is 4.31. The Bertz CT molecular complexity index is 592. The number of nitrogens with zero attached hydrogens (tertiary/aromatic N) is 1. The molecule has 2 aromatic carbocycles. The van der Waals surface area contributed by atoms with Gasteiger partial charge < -0.3 is 10.0 Å². The minimum atomic E-state index is -1.62. The third-order valence-electron chi connectivity index (χ3n) is 4.59. The Hall–Kier alpha value is -2.13. The van der Waals surface area contributed by atoms with Gasteiger partial charge in [-0.1, -0.05) is 73.5 Å². The van der Waals surface area contributed by atoms with Gasteiger partial charge in [0.05, 0.1) is 0 Å². The Labute approximate surface area is 137 Å². The Balaban J connectivity index is 2.03. The van der Waals surface area contributed by atoms with Crippen LogP contribution in [0, 0.1) is 0 Å². The van der Waals surface area contributed by atoms with Crippen molar-refractivity contribution in [2.24, 2.45) is 0 Å². The van der Waals surface area contributed by atoms with Crippen LogP contribution < -0.4 is 0 Å². The van der Waals surface area contributed by atoms with E-state index < -0.39 is 5.60 Å². The summed E-state index contributed by atoms with van der Waals surface area (Å²) in [4.78, 5) is 15.1. The smallest absolute Gasteiger partial charge is 0.263 e. The van der Waals surface area contributed by atoms with E-state index in [1.807, 2.05) is 65.6 Å². The van der Waals surface area contributed by atoms with Crippen molar-refractivity contribution in [3.05, 3.63) is 71.8 Å². The fourth-order valence-corrected chi connectivity index (χ4v) is 3.27. The largest absolute Gasteiger partial charge is 0.372 e. The van der Waals surface area contributed by atoms with E-state index in [9.17, 15) is 9.90 Å². The summed E-state index contributed by atoms with van der Waals surface area (Å²) in [7, 11) is 0. The summed E-state index contributed by atoms with van der Waals surface area (Å²) >= 11 is 0. The number of carbonyl (C=O) groups is 1. The Kier molecular flexibility index (Phi) is 4.77. The number of hydrogen-bond acceptors (Lipinski definition) is 2. The van der Waals surface area contributed by atoms with Crippen LogP contribution >= 0.6 is 0 Å². The van der Waals surface area contributed by atoms with Gasteiger partial charge in [0.25, 0.3) is 5.91 Å². The maximum absolute atomic E-state index is 13.2. The molecule has 1 aliphatic rings. The van der Waals surface area contributed by atoms with E-state index in [0.717, 1.165) is 38.8 Å². The van der Waals surface area contributed by atoms with Crippen LogP contribution in [0.25, 0.3) is 0 Å². The molecular weight excluding hydrogens is 286 g/mol. The molecule has 0 atom stereocenters. The van der Waals surface area contributed by atoms with E-state index in [-0.39, 0.29) is 5.91 Å². The fraction of sp³-hybridized carbons (Fsp3) is 0.350. The Morgan fingerprint density at radius 3 is 1.65 bits per heavy atom. The van der Waals surface area contributed by atoms with Crippen molar-refractivity contribution in [3.63, 3.8) is 0 Å². The van der Waals surface area contributed by atoms with Crippen LogP contribution in [0.4, 0.5) is 0 Å². The standard InChI is InChI=1S/C20H23NO2/c22-19(21-15-9-1-2-10-16-21)20(23,17-11-5-3-6-12-17)18-13-7-4-8-14-18/h3-8,11-14,23H,1-2,9-10,15-16H2. The first-order valence-corrected chi connectivity index (χ1v) is 8.36. The average Bonchev–Trinajstić information content (AvgIpc) is 2.91. The quantitative estimate of drug-likeness (QED) is 0.945. The lowest BCUT2D eigenvalue weighted by Crippen LogP contribution is -2.48. The number of hydrogen-bond donors (Lipinski definition) is 1. The predicted octanol–water partition coefficient (Wildman–Crippen LogP) is 3.33. The molecule has 1 aliphatic heterocycles. The number of amides is 1. The van der Waals surface area contributed by atoms with Crippen LogP contribution in [0.5, 0.6) is 0 Å². The van der Waals surface area contributed by atoms with Gasteiger partial charge in [0.1, 0.15) is 0 Å². The van der Waals surface area contributed by atoms with Crippen molar-refractivity contribution in [1.29, 1.82) is 0 Å². The van der Waals surface area contributed by atoms with Gasteiger partial charge in [0, 0.05) is 13.1 Å². The zero-order valence-electron chi connectivity index (χ0n) is 13.3. The highest BCUT2D eigenvalue weighted by Crippen LogP contribution is 2.32. The average molecular weight is 309 g/mol. The summed E-state index contributed by atoms with van der Waals surface area (Å²) in [6, 6.07) is 18.5. The number of benzene rings is 2. The van der Waals surface area contributed by atoms with Crippen molar-refractivity contribution < 1.29 is 9.90 Å². The lowest BCUT2D eigenvalue weighted by molar-refractivity contribution is -0.148. The molecule has 2 aromatic rings. The van der Waals surface area contributed by atoms with Crippen LogP contribution in [-0.2, 0) is 10.4 Å². The van der Waals surface area contributed by atoms with Crippen LogP contribution in [0.15, 0.2) is 60.7 Å². The molecule has 23 heavy (non-hydrogen) atoms. The van der Waals surface area contributed by atoms with Gasteiger partial charge in [-0.05, 0) is 24.0 Å². The molecule has 3 rings (SSSR count). The van der Waals surface area contributed by atoms with Crippen LogP contribution in [0.1, 0.15) is 36.8 Å². The number of carbonyl (C=O) groups excluding carboxylic acids is 1. The van der Waals surface area contributed by atoms with Crippen molar-refractivity contribution in [3.8, 4) is 0 Å². The molecular formula is C20H23NO2. The molecule has 0 aliphatic carbocycles. The maximum atomic E-state index is 13.2. The minimum Gasteiger partial charge on any atom is -0.372 e.